The number of para-hydroxylation sites is 1. The molecule has 1 amide bonds. The number of cyclic esters (lactones) is 1. The van der Waals surface area contributed by atoms with Gasteiger partial charge in [-0.1, -0.05) is 58.0 Å². The lowest BCUT2D eigenvalue weighted by Gasteiger charge is -2.47. The number of nitrogens with zero attached hydrogens (tertiary/aromatic N) is 4. The molecule has 5 heterocycles. The number of hydrogen-bond donors (Lipinski definition) is 1. The van der Waals surface area contributed by atoms with Gasteiger partial charge in [-0.05, 0) is 77.7 Å². The molecule has 0 unspecified atom stereocenters. The topological polar surface area (TPSA) is 149 Å². The largest absolute Gasteiger partial charge is 0.458 e. The molecule has 1 aromatic heterocycles. The Hall–Kier alpha value is -3.75. The summed E-state index contributed by atoms with van der Waals surface area (Å²) in [4.78, 5) is 54.7. The fourth-order valence-electron chi connectivity index (χ4n) is 9.62. The number of Topliss-reactive ketones (excluding diaryl/α,β-unsaturated/α-hetero) is 1. The normalized spacial score (nSPS) is 37.3. The van der Waals surface area contributed by atoms with Gasteiger partial charge in [-0.3, -0.25) is 24.5 Å². The summed E-state index contributed by atoms with van der Waals surface area (Å²) in [5.74, 6) is -2.50. The fraction of sp³-hybridized carbons (Fsp3) is 0.651. The van der Waals surface area contributed by atoms with Crippen molar-refractivity contribution in [1.82, 2.24) is 14.8 Å². The zero-order valence-electron chi connectivity index (χ0n) is 34.3. The molecular weight excluding hydrogens is 716 g/mol. The molecule has 2 bridgehead atoms. The summed E-state index contributed by atoms with van der Waals surface area (Å²) in [6, 6.07) is 9.25. The molecular formula is C43H60N4O9. The van der Waals surface area contributed by atoms with Crippen LogP contribution in [0.3, 0.4) is 0 Å². The number of rotatable bonds is 8. The van der Waals surface area contributed by atoms with Gasteiger partial charge >= 0.3 is 12.1 Å². The molecule has 0 saturated carbocycles. The van der Waals surface area contributed by atoms with Gasteiger partial charge in [0, 0.05) is 41.7 Å². The highest BCUT2D eigenvalue weighted by Crippen LogP contribution is 2.44. The number of aliphatic imine (C=N–C) groups is 1. The quantitative estimate of drug-likeness (QED) is 0.269. The number of ketones is 1. The van der Waals surface area contributed by atoms with Gasteiger partial charge in [0.2, 0.25) is 0 Å². The standard InChI is InChI=1S/C43H60N4O9/c1-10-34-43(7)38-28(5)36(44-17-18-47(38)41(51)56-43)25(2)23-42(6,52-19-13-14-29-21-30-15-11-12-16-31(30)45-24-29)39(27(4)33(48)22-35(49)54-34)55-40-37(50)32(46(8)9)20-26(3)53-40/h11-16,21,24-28,32,34,37-40,50H,10,17-20,22-23H2,1-9H3/b14-13+/t25-,26-,27+,28+,32+,34-,37-,38-,39-,40+,42+,43-/m1/s1. The molecule has 0 spiro atoms. The second-order valence-electron chi connectivity index (χ2n) is 16.8. The molecule has 1 N–H and O–H groups in total. The SMILES string of the molecule is CC[C@H]1OC(=O)CC(=O)[C@H](C)[C@@H](O[C@@H]2O[C@H](C)C[C@H](N(C)C)[C@H]2O)[C@@](C)(OC/C=C/c2cnc3ccccc3c2)C[C@@H](C)C2=NCCN3C(=O)O[C@@]1(C)[C@H]3[C@H]2C. The number of pyridine rings is 1. The van der Waals surface area contributed by atoms with E-state index in [-0.39, 0.29) is 30.6 Å². The van der Waals surface area contributed by atoms with Gasteiger partial charge in [-0.2, -0.15) is 0 Å². The highest BCUT2D eigenvalue weighted by atomic mass is 16.7. The van der Waals surface area contributed by atoms with Crippen molar-refractivity contribution < 1.29 is 43.2 Å². The number of carbonyl (C=O) groups excluding carboxylic acids is 3. The number of ether oxygens (including phenoxy) is 5. The Bertz CT molecular complexity index is 1820. The minimum absolute atomic E-state index is 0.153. The van der Waals surface area contributed by atoms with Crippen LogP contribution in [0.25, 0.3) is 17.0 Å². The van der Waals surface area contributed by atoms with Gasteiger partial charge in [0.05, 0.1) is 42.5 Å². The Labute approximate surface area is 330 Å². The lowest BCUT2D eigenvalue weighted by atomic mass is 9.73. The highest BCUT2D eigenvalue weighted by Gasteiger charge is 2.60. The van der Waals surface area contributed by atoms with Crippen LogP contribution in [0.4, 0.5) is 4.79 Å². The van der Waals surface area contributed by atoms with Crippen molar-refractivity contribution in [3.05, 3.63) is 48.2 Å². The molecule has 306 valence electrons. The minimum Gasteiger partial charge on any atom is -0.458 e. The van der Waals surface area contributed by atoms with Crippen molar-refractivity contribution in [3.63, 3.8) is 0 Å². The molecule has 2 aromatic rings. The summed E-state index contributed by atoms with van der Waals surface area (Å²) in [7, 11) is 3.81. The fourth-order valence-corrected chi connectivity index (χ4v) is 9.62. The number of benzene rings is 1. The molecule has 0 aliphatic carbocycles. The second kappa shape index (κ2) is 17.0. The maximum absolute atomic E-state index is 14.3. The van der Waals surface area contributed by atoms with E-state index in [1.54, 1.807) is 11.8 Å². The van der Waals surface area contributed by atoms with E-state index in [9.17, 15) is 19.5 Å². The van der Waals surface area contributed by atoms with Gasteiger partial charge < -0.3 is 33.7 Å². The Morgan fingerprint density at radius 1 is 1.09 bits per heavy atom. The van der Waals surface area contributed by atoms with E-state index >= 15 is 0 Å². The van der Waals surface area contributed by atoms with Crippen molar-refractivity contribution in [3.8, 4) is 0 Å². The highest BCUT2D eigenvalue weighted by molar-refractivity contribution is 5.97. The molecule has 3 saturated heterocycles. The van der Waals surface area contributed by atoms with Crippen LogP contribution in [0, 0.1) is 17.8 Å². The molecule has 13 nitrogen and oxygen atoms in total. The summed E-state index contributed by atoms with van der Waals surface area (Å²) < 4.78 is 32.1. The summed E-state index contributed by atoms with van der Waals surface area (Å²) >= 11 is 0. The molecule has 56 heavy (non-hydrogen) atoms. The zero-order valence-corrected chi connectivity index (χ0v) is 34.3. The molecule has 12 atom stereocenters. The van der Waals surface area contributed by atoms with Crippen LogP contribution < -0.4 is 0 Å². The molecule has 0 radical (unpaired) electrons. The smallest absolute Gasteiger partial charge is 0.410 e. The Morgan fingerprint density at radius 2 is 1.84 bits per heavy atom. The van der Waals surface area contributed by atoms with Crippen LogP contribution in [-0.2, 0) is 33.3 Å². The van der Waals surface area contributed by atoms with Crippen LogP contribution in [-0.4, -0.2) is 131 Å². The van der Waals surface area contributed by atoms with E-state index in [2.05, 4.69) is 18.0 Å². The summed E-state index contributed by atoms with van der Waals surface area (Å²) in [5.41, 5.74) is 0.326. The number of esters is 1. The summed E-state index contributed by atoms with van der Waals surface area (Å²) in [5, 5.41) is 12.6. The Morgan fingerprint density at radius 3 is 2.57 bits per heavy atom. The van der Waals surface area contributed by atoms with Gasteiger partial charge in [-0.25, -0.2) is 4.79 Å². The van der Waals surface area contributed by atoms with E-state index in [1.165, 1.54) is 0 Å². The third kappa shape index (κ3) is 8.43. The predicted molar refractivity (Wildman–Crippen MR) is 212 cm³/mol. The Balaban J connectivity index is 1.40. The van der Waals surface area contributed by atoms with Crippen LogP contribution in [0.15, 0.2) is 47.6 Å². The second-order valence-corrected chi connectivity index (χ2v) is 16.8. The maximum atomic E-state index is 14.3. The minimum atomic E-state index is -1.18. The van der Waals surface area contributed by atoms with E-state index in [4.69, 9.17) is 28.7 Å². The average molecular weight is 777 g/mol. The first-order chi connectivity index (χ1) is 26.6. The lowest BCUT2D eigenvalue weighted by molar-refractivity contribution is -0.296. The number of carbonyl (C=O) groups is 3. The van der Waals surface area contributed by atoms with Crippen LogP contribution >= 0.6 is 0 Å². The number of amides is 1. The van der Waals surface area contributed by atoms with Crippen LogP contribution in [0.2, 0.25) is 0 Å². The molecule has 3 fully saturated rings. The first-order valence-electron chi connectivity index (χ1n) is 20.1. The van der Waals surface area contributed by atoms with Crippen molar-refractivity contribution in [2.75, 3.05) is 33.8 Å². The summed E-state index contributed by atoms with van der Waals surface area (Å²) in [6.45, 7) is 14.3. The van der Waals surface area contributed by atoms with E-state index in [1.807, 2.05) is 96.2 Å². The van der Waals surface area contributed by atoms with Crippen molar-refractivity contribution in [2.24, 2.45) is 22.7 Å². The predicted octanol–water partition coefficient (Wildman–Crippen LogP) is 5.46. The van der Waals surface area contributed by atoms with Crippen molar-refractivity contribution in [1.29, 1.82) is 0 Å². The molecule has 4 aliphatic heterocycles. The van der Waals surface area contributed by atoms with Crippen LogP contribution in [0.1, 0.15) is 79.7 Å². The maximum Gasteiger partial charge on any atom is 0.410 e. The van der Waals surface area contributed by atoms with Crippen LogP contribution in [0.5, 0.6) is 0 Å². The average Bonchev–Trinajstić information content (AvgIpc) is 3.28. The molecule has 13 heteroatoms. The van der Waals surface area contributed by atoms with E-state index in [0.717, 1.165) is 22.2 Å². The number of fused-ring (bicyclic) bond motifs is 2. The first kappa shape index (κ1) is 41.9. The van der Waals surface area contributed by atoms with Gasteiger partial charge in [-0.15, -0.1) is 0 Å². The van der Waals surface area contributed by atoms with Crippen molar-refractivity contribution >= 4 is 40.5 Å². The molecule has 4 aliphatic rings. The molecule has 6 rings (SSSR count). The number of aliphatic hydroxyl groups excluding tert-OH is 1. The van der Waals surface area contributed by atoms with E-state index < -0.39 is 72.0 Å². The van der Waals surface area contributed by atoms with Gasteiger partial charge in [0.25, 0.3) is 0 Å². The number of aliphatic hydroxyl groups is 1. The number of hydrogen-bond acceptors (Lipinski definition) is 12. The number of aromatic nitrogens is 1. The third-order valence-electron chi connectivity index (χ3n) is 12.4. The van der Waals surface area contributed by atoms with Crippen molar-refractivity contribution in [2.45, 2.75) is 128 Å². The lowest BCUT2D eigenvalue weighted by Crippen LogP contribution is -2.59. The summed E-state index contributed by atoms with van der Waals surface area (Å²) in [6.07, 6.45) is 1.89. The third-order valence-corrected chi connectivity index (χ3v) is 12.4. The first-order valence-corrected chi connectivity index (χ1v) is 20.1. The monoisotopic (exact) mass is 776 g/mol. The Kier molecular flexibility index (Phi) is 12.7. The zero-order chi connectivity index (χ0) is 40.5. The molecule has 1 aromatic carbocycles. The van der Waals surface area contributed by atoms with Gasteiger partial charge in [0.15, 0.2) is 11.9 Å². The van der Waals surface area contributed by atoms with Gasteiger partial charge in [0.1, 0.15) is 24.4 Å². The number of likely N-dealkylation sites (N-methyl/N-ethyl adjacent to an activating group) is 1. The van der Waals surface area contributed by atoms with E-state index in [0.29, 0.717) is 32.4 Å².